The molecule has 71 heavy (non-hydrogen) atoms. The topological polar surface area (TPSA) is 228 Å². The molecule has 6 rings (SSSR count). The lowest BCUT2D eigenvalue weighted by atomic mass is 9.68. The minimum absolute atomic E-state index is 0.168. The molecule has 18 nitrogen and oxygen atoms in total. The zero-order valence-electron chi connectivity index (χ0n) is 44.8. The molecule has 3 saturated heterocycles. The number of carbonyl (C=O) groups excluding carboxylic acids is 1. The van der Waals surface area contributed by atoms with Crippen molar-refractivity contribution in [2.45, 2.75) is 205 Å². The molecule has 2 aromatic heterocycles. The van der Waals surface area contributed by atoms with Gasteiger partial charge in [0.25, 0.3) is 0 Å². The van der Waals surface area contributed by atoms with E-state index in [-0.39, 0.29) is 31.3 Å². The van der Waals surface area contributed by atoms with Crippen molar-refractivity contribution < 1.29 is 58.4 Å². The number of aliphatic hydroxyl groups excluding tert-OH is 3. The fourth-order valence-corrected chi connectivity index (χ4v) is 11.8. The van der Waals surface area contributed by atoms with Gasteiger partial charge in [-0.2, -0.15) is 0 Å². The Bertz CT molecular complexity index is 2160. The minimum Gasteiger partial charge on any atom is -0.459 e. The van der Waals surface area contributed by atoms with Crippen molar-refractivity contribution in [1.29, 1.82) is 0 Å². The fraction of sp³-hybridized carbons (Fsp3) is 0.774. The molecule has 1 aromatic carbocycles. The summed E-state index contributed by atoms with van der Waals surface area (Å²) < 4.78 is 40.0. The molecule has 0 saturated carbocycles. The number of aromatic nitrogens is 4. The van der Waals surface area contributed by atoms with E-state index < -0.39 is 102 Å². The lowest BCUT2D eigenvalue weighted by Gasteiger charge is -2.51. The quantitative estimate of drug-likeness (QED) is 0.148. The smallest absolute Gasteiger partial charge is 0.309 e. The highest BCUT2D eigenvalue weighted by Gasteiger charge is 2.55. The van der Waals surface area contributed by atoms with Crippen LogP contribution in [0.3, 0.4) is 0 Å². The summed E-state index contributed by atoms with van der Waals surface area (Å²) >= 11 is 0. The number of hydrogen-bond acceptors (Lipinski definition) is 17. The molecule has 0 amide bonds. The number of benzene rings is 1. The maximum absolute atomic E-state index is 14.6. The van der Waals surface area contributed by atoms with Gasteiger partial charge in [-0.15, -0.1) is 5.10 Å². The Balaban J connectivity index is 1.25. The third-order valence-electron chi connectivity index (χ3n) is 16.3. The summed E-state index contributed by atoms with van der Waals surface area (Å²) in [5, 5.41) is 69.0. The second-order valence-corrected chi connectivity index (χ2v) is 22.1. The lowest BCUT2D eigenvalue weighted by Crippen LogP contribution is -2.62. The van der Waals surface area contributed by atoms with Gasteiger partial charge in [0.05, 0.1) is 52.9 Å². The maximum atomic E-state index is 14.6. The Morgan fingerprint density at radius 3 is 2.31 bits per heavy atom. The number of aryl methyl sites for hydroxylation is 3. The molecule has 0 spiro atoms. The highest BCUT2D eigenvalue weighted by atomic mass is 16.7. The molecule has 18 atom stereocenters. The third-order valence-corrected chi connectivity index (χ3v) is 16.3. The van der Waals surface area contributed by atoms with Crippen LogP contribution in [0, 0.1) is 30.6 Å². The number of esters is 1. The van der Waals surface area contributed by atoms with Crippen LogP contribution in [0.4, 0.5) is 0 Å². The van der Waals surface area contributed by atoms with Gasteiger partial charge >= 0.3 is 5.97 Å². The number of nitrogens with zero attached hydrogens (tertiary/aromatic N) is 6. The number of rotatable bonds is 13. The highest BCUT2D eigenvalue weighted by molar-refractivity contribution is 5.73. The Kier molecular flexibility index (Phi) is 18.8. The number of ether oxygens (including phenoxy) is 5. The van der Waals surface area contributed by atoms with E-state index in [0.717, 1.165) is 22.7 Å². The van der Waals surface area contributed by atoms with E-state index in [4.69, 9.17) is 33.1 Å². The van der Waals surface area contributed by atoms with Crippen LogP contribution in [0.2, 0.25) is 0 Å². The summed E-state index contributed by atoms with van der Waals surface area (Å²) in [6.07, 6.45) is -4.17. The number of aliphatic hydroxyl groups is 5. The van der Waals surface area contributed by atoms with Crippen molar-refractivity contribution in [1.82, 2.24) is 29.8 Å². The summed E-state index contributed by atoms with van der Waals surface area (Å²) in [5.41, 5.74) is -1.86. The van der Waals surface area contributed by atoms with Crippen LogP contribution in [0.5, 0.6) is 0 Å². The van der Waals surface area contributed by atoms with E-state index in [1.165, 1.54) is 14.0 Å². The molecule has 18 heteroatoms. The molecule has 0 radical (unpaired) electrons. The molecule has 0 aliphatic carbocycles. The molecule has 5 N–H and O–H groups in total. The molecule has 3 fully saturated rings. The number of oxazole rings is 1. The predicted octanol–water partition coefficient (Wildman–Crippen LogP) is 4.58. The highest BCUT2D eigenvalue weighted by Crippen LogP contribution is 2.45. The van der Waals surface area contributed by atoms with Crippen molar-refractivity contribution in [3.63, 3.8) is 0 Å². The number of hydrogen-bond donors (Lipinski definition) is 5. The zero-order valence-corrected chi connectivity index (χ0v) is 44.8. The normalized spacial score (nSPS) is 39.5. The molecule has 3 aromatic rings. The van der Waals surface area contributed by atoms with Gasteiger partial charge in [0.15, 0.2) is 6.29 Å². The predicted molar refractivity (Wildman–Crippen MR) is 266 cm³/mol. The van der Waals surface area contributed by atoms with E-state index in [1.54, 1.807) is 32.4 Å². The van der Waals surface area contributed by atoms with Gasteiger partial charge in [-0.3, -0.25) is 9.48 Å². The van der Waals surface area contributed by atoms with Gasteiger partial charge in [0.2, 0.25) is 5.89 Å². The Labute approximate surface area is 421 Å². The third kappa shape index (κ3) is 12.9. The minimum atomic E-state index is -1.81. The average molecular weight is 999 g/mol. The first-order chi connectivity index (χ1) is 33.3. The first-order valence-corrected chi connectivity index (χ1v) is 25.8. The number of methoxy groups -OCH3 is 1. The van der Waals surface area contributed by atoms with Gasteiger partial charge in [-0.1, -0.05) is 51.1 Å². The maximum Gasteiger partial charge on any atom is 0.309 e. The Morgan fingerprint density at radius 1 is 0.958 bits per heavy atom. The summed E-state index contributed by atoms with van der Waals surface area (Å²) in [7, 11) is 5.35. The Hall–Kier alpha value is -3.40. The van der Waals surface area contributed by atoms with Gasteiger partial charge in [-0.05, 0) is 106 Å². The van der Waals surface area contributed by atoms with Crippen LogP contribution in [0.1, 0.15) is 112 Å². The molecule has 5 heterocycles. The summed E-state index contributed by atoms with van der Waals surface area (Å²) in [5.74, 6) is -1.76. The van der Waals surface area contributed by atoms with Gasteiger partial charge in [0, 0.05) is 75.8 Å². The van der Waals surface area contributed by atoms with Gasteiger partial charge < -0.3 is 63.4 Å². The fourth-order valence-electron chi connectivity index (χ4n) is 11.8. The molecule has 0 bridgehead atoms. The van der Waals surface area contributed by atoms with Crippen molar-refractivity contribution >= 4 is 5.97 Å². The van der Waals surface area contributed by atoms with Gasteiger partial charge in [-0.25, -0.2) is 4.98 Å². The van der Waals surface area contributed by atoms with Crippen LogP contribution >= 0.6 is 0 Å². The second kappa shape index (κ2) is 23.4. The van der Waals surface area contributed by atoms with E-state index in [0.29, 0.717) is 44.8 Å². The van der Waals surface area contributed by atoms with Crippen LogP contribution < -0.4 is 0 Å². The second-order valence-electron chi connectivity index (χ2n) is 22.1. The molecule has 3 aliphatic rings. The van der Waals surface area contributed by atoms with Gasteiger partial charge in [0.1, 0.15) is 35.8 Å². The van der Waals surface area contributed by atoms with Crippen LogP contribution in [0.25, 0.3) is 11.5 Å². The van der Waals surface area contributed by atoms with Crippen LogP contribution in [-0.4, -0.2) is 180 Å². The van der Waals surface area contributed by atoms with Crippen molar-refractivity contribution in [3.8, 4) is 11.5 Å². The first kappa shape index (κ1) is 56.9. The molecule has 400 valence electrons. The standard InChI is InChI=1S/C53H86N6O12/c1-15-42-53(11,65)45(61)34(6)58(13)28-30(2)26-51(9,64)47(32(4)43(33(5)49(63)70-42)41-27-52(10,66-14)46(62)36(8)68-41)71-50-44(60)40(25-31(3)67-50)57(12)23-21-38-29-59(56-55-38)24-22-39-35(7)69-48(54-39)37-19-17-16-18-20-37/h16-20,29-34,36,40-47,50,60-62,64-65H,15,21-28H2,1-14H3/t30-,31-,32+,33-,34-,36+,40+,41-,42-,43?,44-,45-,46+,47-,50+,51-,52-,53-/m1/s1. The molecular formula is C53H86N6O12. The SMILES string of the molecule is CC[C@H]1OC(=O)[C@H](C)C([C@H]2C[C@@](C)(OC)[C@@H](O)[C@H](C)O2)[C@H](C)[C@@H](O[C@@H]2O[C@H](C)C[C@H](N(C)CCc3cn(CCc4nc(-c5ccccc5)oc4C)nn3)[C@H]2O)[C@](C)(O)C[C@@H](C)CN(C)[C@H](C)[C@@H](O)[C@]1(C)O. The number of carbonyl (C=O) groups is 1. The van der Waals surface area contributed by atoms with E-state index >= 15 is 0 Å². The first-order valence-electron chi connectivity index (χ1n) is 25.8. The molecular weight excluding hydrogens is 913 g/mol. The van der Waals surface area contributed by atoms with Crippen molar-refractivity contribution in [3.05, 3.63) is 53.7 Å². The van der Waals surface area contributed by atoms with E-state index in [1.807, 2.05) is 97.1 Å². The average Bonchev–Trinajstić information content (AvgIpc) is 3.95. The van der Waals surface area contributed by atoms with Crippen molar-refractivity contribution in [2.24, 2.45) is 23.7 Å². The molecule has 3 aliphatic heterocycles. The number of cyclic esters (lactones) is 1. The zero-order chi connectivity index (χ0) is 52.3. The molecule has 1 unspecified atom stereocenters. The number of likely N-dealkylation sites (N-methyl/N-ethyl adjacent to an activating group) is 2. The summed E-state index contributed by atoms with van der Waals surface area (Å²) in [6, 6.07) is 8.85. The monoisotopic (exact) mass is 999 g/mol. The van der Waals surface area contributed by atoms with Crippen LogP contribution in [-0.2, 0) is 47.9 Å². The Morgan fingerprint density at radius 2 is 1.65 bits per heavy atom. The summed E-state index contributed by atoms with van der Waals surface area (Å²) in [6.45, 7) is 21.5. The van der Waals surface area contributed by atoms with E-state index in [2.05, 4.69) is 15.2 Å². The lowest BCUT2D eigenvalue weighted by molar-refractivity contribution is -0.302. The largest absolute Gasteiger partial charge is 0.459 e. The van der Waals surface area contributed by atoms with E-state index in [9.17, 15) is 30.3 Å². The summed E-state index contributed by atoms with van der Waals surface area (Å²) in [4.78, 5) is 23.4. The van der Waals surface area contributed by atoms with Crippen molar-refractivity contribution in [2.75, 3.05) is 34.3 Å². The van der Waals surface area contributed by atoms with Crippen LogP contribution in [0.15, 0.2) is 40.9 Å².